The molecule has 2 amide bonds. The predicted octanol–water partition coefficient (Wildman–Crippen LogP) is 3.36. The molecule has 0 spiro atoms. The minimum absolute atomic E-state index is 0.0109. The molecule has 1 aliphatic rings. The zero-order valence-electron chi connectivity index (χ0n) is 17.4. The number of amides is 2. The van der Waals surface area contributed by atoms with Gasteiger partial charge in [0.15, 0.2) is 0 Å². The number of fused-ring (bicyclic) bond motifs is 1. The third kappa shape index (κ3) is 5.13. The molecule has 6 heteroatoms. The van der Waals surface area contributed by atoms with E-state index in [9.17, 15) is 9.59 Å². The van der Waals surface area contributed by atoms with Gasteiger partial charge in [0.1, 0.15) is 0 Å². The largest absolute Gasteiger partial charge is 0.477 e. The molecule has 6 nitrogen and oxygen atoms in total. The van der Waals surface area contributed by atoms with Gasteiger partial charge in [-0.3, -0.25) is 9.59 Å². The van der Waals surface area contributed by atoms with Crippen molar-refractivity contribution >= 4 is 28.8 Å². The molecule has 0 saturated carbocycles. The Morgan fingerprint density at radius 2 is 1.97 bits per heavy atom. The summed E-state index contributed by atoms with van der Waals surface area (Å²) < 4.78 is 5.81. The first-order chi connectivity index (χ1) is 14.0. The Morgan fingerprint density at radius 1 is 1.24 bits per heavy atom. The highest BCUT2D eigenvalue weighted by atomic mass is 16.5. The molecular formula is C23H29N3O3. The van der Waals surface area contributed by atoms with E-state index in [1.54, 1.807) is 36.0 Å². The van der Waals surface area contributed by atoms with Gasteiger partial charge < -0.3 is 14.5 Å². The van der Waals surface area contributed by atoms with Crippen molar-refractivity contribution < 1.29 is 14.3 Å². The lowest BCUT2D eigenvalue weighted by atomic mass is 9.95. The summed E-state index contributed by atoms with van der Waals surface area (Å²) in [5.74, 6) is 0.657. The standard InChI is InChI=1S/C23H29N3O3/c1-4-15-29-22-19(16-18-7-5-6-8-20(18)24-22)9-10-21(27)26-13-11-17(12-14-26)23(28)25(2)3/h5-10,16-17H,4,11-15H2,1-3H3. The summed E-state index contributed by atoms with van der Waals surface area (Å²) >= 11 is 0. The van der Waals surface area contributed by atoms with Gasteiger partial charge in [0, 0.05) is 50.1 Å². The molecule has 29 heavy (non-hydrogen) atoms. The summed E-state index contributed by atoms with van der Waals surface area (Å²) in [5, 5.41) is 1.01. The molecule has 3 rings (SSSR count). The van der Waals surface area contributed by atoms with Gasteiger partial charge in [0.05, 0.1) is 12.1 Å². The number of rotatable bonds is 6. The monoisotopic (exact) mass is 395 g/mol. The minimum atomic E-state index is -0.0460. The van der Waals surface area contributed by atoms with E-state index in [1.165, 1.54) is 0 Å². The van der Waals surface area contributed by atoms with Crippen LogP contribution >= 0.6 is 0 Å². The second-order valence-electron chi connectivity index (χ2n) is 7.59. The number of nitrogens with zero attached hydrogens (tertiary/aromatic N) is 3. The van der Waals surface area contributed by atoms with E-state index in [-0.39, 0.29) is 17.7 Å². The molecule has 0 unspecified atom stereocenters. The topological polar surface area (TPSA) is 62.7 Å². The number of benzene rings is 1. The van der Waals surface area contributed by atoms with E-state index in [1.807, 2.05) is 37.3 Å². The van der Waals surface area contributed by atoms with Crippen molar-refractivity contribution in [2.75, 3.05) is 33.8 Å². The van der Waals surface area contributed by atoms with Crippen LogP contribution < -0.4 is 4.74 Å². The number of hydrogen-bond acceptors (Lipinski definition) is 4. The van der Waals surface area contributed by atoms with Crippen LogP contribution in [-0.4, -0.2) is 60.4 Å². The van der Waals surface area contributed by atoms with E-state index in [0.29, 0.717) is 38.4 Å². The molecule has 1 fully saturated rings. The number of ether oxygens (including phenoxy) is 1. The van der Waals surface area contributed by atoms with Crippen LogP contribution in [0.25, 0.3) is 17.0 Å². The summed E-state index contributed by atoms with van der Waals surface area (Å²) in [7, 11) is 3.55. The van der Waals surface area contributed by atoms with Crippen LogP contribution in [0.4, 0.5) is 0 Å². The molecule has 1 aromatic heterocycles. The highest BCUT2D eigenvalue weighted by Gasteiger charge is 2.27. The van der Waals surface area contributed by atoms with Gasteiger partial charge in [-0.15, -0.1) is 0 Å². The van der Waals surface area contributed by atoms with E-state index >= 15 is 0 Å². The Balaban J connectivity index is 1.71. The molecule has 2 aromatic rings. The summed E-state index contributed by atoms with van der Waals surface area (Å²) in [5.41, 5.74) is 1.66. The molecule has 154 valence electrons. The smallest absolute Gasteiger partial charge is 0.246 e. The number of likely N-dealkylation sites (tertiary alicyclic amines) is 1. The molecule has 1 saturated heterocycles. The normalized spacial score (nSPS) is 15.1. The van der Waals surface area contributed by atoms with E-state index in [2.05, 4.69) is 4.98 Å². The van der Waals surface area contributed by atoms with Crippen molar-refractivity contribution in [2.24, 2.45) is 5.92 Å². The molecule has 0 aliphatic carbocycles. The van der Waals surface area contributed by atoms with Gasteiger partial charge in [0.25, 0.3) is 0 Å². The first kappa shape index (κ1) is 20.8. The van der Waals surface area contributed by atoms with E-state index < -0.39 is 0 Å². The number of pyridine rings is 1. The lowest BCUT2D eigenvalue weighted by Crippen LogP contribution is -2.42. The molecular weight excluding hydrogens is 366 g/mol. The third-order valence-corrected chi connectivity index (χ3v) is 5.16. The Kier molecular flexibility index (Phi) is 6.86. The first-order valence-electron chi connectivity index (χ1n) is 10.2. The number of aromatic nitrogens is 1. The second kappa shape index (κ2) is 9.54. The average molecular weight is 396 g/mol. The molecule has 0 atom stereocenters. The van der Waals surface area contributed by atoms with Crippen LogP contribution in [0.1, 0.15) is 31.7 Å². The van der Waals surface area contributed by atoms with Crippen LogP contribution in [0.3, 0.4) is 0 Å². The van der Waals surface area contributed by atoms with Gasteiger partial charge in [-0.05, 0) is 37.5 Å². The molecule has 0 bridgehead atoms. The van der Waals surface area contributed by atoms with Gasteiger partial charge in [-0.2, -0.15) is 0 Å². The lowest BCUT2D eigenvalue weighted by Gasteiger charge is -2.31. The number of carbonyl (C=O) groups excluding carboxylic acids is 2. The lowest BCUT2D eigenvalue weighted by molar-refractivity contribution is -0.137. The quantitative estimate of drug-likeness (QED) is 0.704. The summed E-state index contributed by atoms with van der Waals surface area (Å²) in [6.45, 7) is 3.82. The minimum Gasteiger partial charge on any atom is -0.477 e. The zero-order chi connectivity index (χ0) is 20.8. The van der Waals surface area contributed by atoms with Crippen LogP contribution in [0.2, 0.25) is 0 Å². The summed E-state index contributed by atoms with van der Waals surface area (Å²) in [4.78, 5) is 32.8. The van der Waals surface area contributed by atoms with Crippen molar-refractivity contribution in [3.8, 4) is 5.88 Å². The second-order valence-corrected chi connectivity index (χ2v) is 7.59. The molecule has 2 heterocycles. The molecule has 0 radical (unpaired) electrons. The van der Waals surface area contributed by atoms with Gasteiger partial charge in [0.2, 0.25) is 17.7 Å². The van der Waals surface area contributed by atoms with Crippen molar-refractivity contribution in [2.45, 2.75) is 26.2 Å². The maximum absolute atomic E-state index is 12.7. The van der Waals surface area contributed by atoms with Gasteiger partial charge in [-0.1, -0.05) is 25.1 Å². The van der Waals surface area contributed by atoms with E-state index in [4.69, 9.17) is 4.74 Å². The van der Waals surface area contributed by atoms with Gasteiger partial charge >= 0.3 is 0 Å². The predicted molar refractivity (Wildman–Crippen MR) is 115 cm³/mol. The Labute approximate surface area is 172 Å². The highest BCUT2D eigenvalue weighted by molar-refractivity contribution is 5.93. The molecule has 1 aliphatic heterocycles. The Bertz CT molecular complexity index is 899. The fraction of sp³-hybridized carbons (Fsp3) is 0.435. The fourth-order valence-corrected chi connectivity index (χ4v) is 3.53. The first-order valence-corrected chi connectivity index (χ1v) is 10.2. The average Bonchev–Trinajstić information content (AvgIpc) is 2.75. The van der Waals surface area contributed by atoms with Crippen molar-refractivity contribution in [1.82, 2.24) is 14.8 Å². The number of piperidine rings is 1. The Hall–Kier alpha value is -2.89. The maximum Gasteiger partial charge on any atom is 0.246 e. The highest BCUT2D eigenvalue weighted by Crippen LogP contribution is 2.24. The molecule has 0 N–H and O–H groups in total. The van der Waals surface area contributed by atoms with Crippen molar-refractivity contribution in [1.29, 1.82) is 0 Å². The SMILES string of the molecule is CCCOc1nc2ccccc2cc1C=CC(=O)N1CCC(C(=O)N(C)C)CC1. The van der Waals surface area contributed by atoms with Crippen LogP contribution in [-0.2, 0) is 9.59 Å². The fourth-order valence-electron chi connectivity index (χ4n) is 3.53. The van der Waals surface area contributed by atoms with E-state index in [0.717, 1.165) is 22.9 Å². The van der Waals surface area contributed by atoms with Gasteiger partial charge in [-0.25, -0.2) is 4.98 Å². The van der Waals surface area contributed by atoms with Crippen molar-refractivity contribution in [3.05, 3.63) is 42.0 Å². The number of para-hydroxylation sites is 1. The number of hydrogen-bond donors (Lipinski definition) is 0. The van der Waals surface area contributed by atoms with Crippen molar-refractivity contribution in [3.63, 3.8) is 0 Å². The van der Waals surface area contributed by atoms with Crippen LogP contribution in [0, 0.1) is 5.92 Å². The van der Waals surface area contributed by atoms with Crippen LogP contribution in [0.15, 0.2) is 36.4 Å². The summed E-state index contributed by atoms with van der Waals surface area (Å²) in [6.07, 6.45) is 5.66. The third-order valence-electron chi connectivity index (χ3n) is 5.16. The number of carbonyl (C=O) groups is 2. The molecule has 1 aromatic carbocycles. The summed E-state index contributed by atoms with van der Waals surface area (Å²) in [6, 6.07) is 9.86. The van der Waals surface area contributed by atoms with Crippen LogP contribution in [0.5, 0.6) is 5.88 Å². The Morgan fingerprint density at radius 3 is 2.66 bits per heavy atom. The maximum atomic E-state index is 12.7. The zero-order valence-corrected chi connectivity index (χ0v) is 17.4.